The highest BCUT2D eigenvalue weighted by molar-refractivity contribution is 5.89. The van der Waals surface area contributed by atoms with Crippen LogP contribution in [0.15, 0.2) is 30.5 Å². The number of aromatic nitrogens is 2. The summed E-state index contributed by atoms with van der Waals surface area (Å²) in [6, 6.07) is 7.51. The van der Waals surface area contributed by atoms with Crippen molar-refractivity contribution in [2.75, 3.05) is 10.6 Å². The fraction of sp³-hybridized carbons (Fsp3) is 0.231. The van der Waals surface area contributed by atoms with Gasteiger partial charge in [-0.15, -0.1) is 0 Å². The van der Waals surface area contributed by atoms with Crippen LogP contribution in [0.3, 0.4) is 0 Å². The second-order valence-electron chi connectivity index (χ2n) is 4.20. The van der Waals surface area contributed by atoms with Crippen LogP contribution in [0.5, 0.6) is 0 Å². The first-order valence-electron chi connectivity index (χ1n) is 5.69. The maximum atomic E-state index is 11.0. The van der Waals surface area contributed by atoms with E-state index < -0.39 is 0 Å². The zero-order valence-corrected chi connectivity index (χ0v) is 10.7. The Bertz CT molecular complexity index is 574. The van der Waals surface area contributed by atoms with Crippen LogP contribution in [0.4, 0.5) is 17.3 Å². The van der Waals surface area contributed by atoms with Gasteiger partial charge in [0.2, 0.25) is 11.9 Å². The molecule has 0 fully saturated rings. The Hall–Kier alpha value is -2.30. The van der Waals surface area contributed by atoms with Crippen LogP contribution >= 0.6 is 0 Å². The van der Waals surface area contributed by atoms with Gasteiger partial charge in [-0.25, -0.2) is 4.98 Å². The highest BCUT2D eigenvalue weighted by Gasteiger charge is 2.03. The lowest BCUT2D eigenvalue weighted by atomic mass is 10.3. The molecule has 2 aromatic rings. The number of nitrogens with one attached hydrogen (secondary N) is 2. The van der Waals surface area contributed by atoms with E-state index in [4.69, 9.17) is 0 Å². The molecule has 0 aliphatic rings. The minimum Gasteiger partial charge on any atom is -0.326 e. The summed E-state index contributed by atoms with van der Waals surface area (Å²) in [5.74, 6) is 0.687. The smallest absolute Gasteiger partial charge is 0.221 e. The Kier molecular flexibility index (Phi) is 3.32. The predicted octanol–water partition coefficient (Wildman–Crippen LogP) is 2.43. The number of hydrogen-bond donors (Lipinski definition) is 2. The molecular weight excluding hydrogens is 228 g/mol. The van der Waals surface area contributed by atoms with E-state index in [0.717, 1.165) is 23.0 Å². The predicted molar refractivity (Wildman–Crippen MR) is 72.0 cm³/mol. The van der Waals surface area contributed by atoms with Crippen molar-refractivity contribution in [3.05, 3.63) is 36.2 Å². The van der Waals surface area contributed by atoms with Crippen LogP contribution in [0.1, 0.15) is 12.6 Å². The molecule has 1 aromatic carbocycles. The highest BCUT2D eigenvalue weighted by atomic mass is 16.1. The first kappa shape index (κ1) is 12.2. The van der Waals surface area contributed by atoms with Crippen molar-refractivity contribution in [2.45, 2.75) is 13.8 Å². The molecule has 5 heteroatoms. The number of nitrogens with zero attached hydrogens (tertiary/aromatic N) is 2. The SMILES string of the molecule is CC(=O)Nc1cccc(Nc2nc(C)cn2C)c1. The third-order valence-corrected chi connectivity index (χ3v) is 2.44. The summed E-state index contributed by atoms with van der Waals surface area (Å²) in [5, 5.41) is 5.95. The molecule has 0 bridgehead atoms. The van der Waals surface area contributed by atoms with E-state index in [0.29, 0.717) is 0 Å². The second-order valence-corrected chi connectivity index (χ2v) is 4.20. The van der Waals surface area contributed by atoms with Gasteiger partial charge in [0.05, 0.1) is 5.69 Å². The fourth-order valence-electron chi connectivity index (χ4n) is 1.74. The van der Waals surface area contributed by atoms with Crippen molar-refractivity contribution in [3.8, 4) is 0 Å². The minimum atomic E-state index is -0.0833. The summed E-state index contributed by atoms with van der Waals surface area (Å²) in [6.07, 6.45) is 1.94. The summed E-state index contributed by atoms with van der Waals surface area (Å²) in [7, 11) is 1.93. The van der Waals surface area contributed by atoms with Crippen molar-refractivity contribution in [2.24, 2.45) is 7.05 Å². The Labute approximate surface area is 106 Å². The number of benzene rings is 1. The molecule has 0 atom stereocenters. The van der Waals surface area contributed by atoms with E-state index in [2.05, 4.69) is 15.6 Å². The van der Waals surface area contributed by atoms with E-state index in [9.17, 15) is 4.79 Å². The van der Waals surface area contributed by atoms with Gasteiger partial charge in [0.1, 0.15) is 0 Å². The average molecular weight is 244 g/mol. The Balaban J connectivity index is 2.19. The fourth-order valence-corrected chi connectivity index (χ4v) is 1.74. The lowest BCUT2D eigenvalue weighted by Gasteiger charge is -2.08. The molecule has 18 heavy (non-hydrogen) atoms. The van der Waals surface area contributed by atoms with E-state index in [1.165, 1.54) is 6.92 Å². The van der Waals surface area contributed by atoms with Gasteiger partial charge in [0.25, 0.3) is 0 Å². The van der Waals surface area contributed by atoms with Crippen LogP contribution in [0, 0.1) is 6.92 Å². The van der Waals surface area contributed by atoms with Gasteiger partial charge in [-0.2, -0.15) is 0 Å². The maximum absolute atomic E-state index is 11.0. The van der Waals surface area contributed by atoms with Crippen LogP contribution in [-0.2, 0) is 11.8 Å². The molecule has 1 aromatic heterocycles. The van der Waals surface area contributed by atoms with Crippen molar-refractivity contribution in [1.82, 2.24) is 9.55 Å². The molecule has 0 saturated heterocycles. The minimum absolute atomic E-state index is 0.0833. The summed E-state index contributed by atoms with van der Waals surface area (Å²) in [4.78, 5) is 15.4. The van der Waals surface area contributed by atoms with Gasteiger partial charge in [-0.3, -0.25) is 4.79 Å². The number of anilines is 3. The number of aryl methyl sites for hydroxylation is 2. The molecule has 2 rings (SSSR count). The van der Waals surface area contributed by atoms with Crippen molar-refractivity contribution in [3.63, 3.8) is 0 Å². The van der Waals surface area contributed by atoms with Crippen molar-refractivity contribution >= 4 is 23.2 Å². The maximum Gasteiger partial charge on any atom is 0.221 e. The Morgan fingerprint density at radius 2 is 2.06 bits per heavy atom. The van der Waals surface area contributed by atoms with E-state index in [1.807, 2.05) is 49.0 Å². The zero-order chi connectivity index (χ0) is 13.1. The first-order valence-corrected chi connectivity index (χ1v) is 5.69. The number of carbonyl (C=O) groups is 1. The van der Waals surface area contributed by atoms with E-state index in [-0.39, 0.29) is 5.91 Å². The quantitative estimate of drug-likeness (QED) is 0.871. The average Bonchev–Trinajstić information content (AvgIpc) is 2.57. The Morgan fingerprint density at radius 3 is 2.67 bits per heavy atom. The summed E-state index contributed by atoms with van der Waals surface area (Å²) < 4.78 is 1.92. The highest BCUT2D eigenvalue weighted by Crippen LogP contribution is 2.19. The van der Waals surface area contributed by atoms with Crippen LogP contribution < -0.4 is 10.6 Å². The molecule has 1 heterocycles. The standard InChI is InChI=1S/C13H16N4O/c1-9-8-17(3)13(14-9)16-12-6-4-5-11(7-12)15-10(2)18/h4-8H,1-3H3,(H,14,16)(H,15,18). The number of amides is 1. The van der Waals surface area contributed by atoms with Gasteiger partial charge < -0.3 is 15.2 Å². The van der Waals surface area contributed by atoms with E-state index >= 15 is 0 Å². The van der Waals surface area contributed by atoms with Gasteiger partial charge >= 0.3 is 0 Å². The van der Waals surface area contributed by atoms with E-state index in [1.54, 1.807) is 0 Å². The molecule has 5 nitrogen and oxygen atoms in total. The molecular formula is C13H16N4O. The molecule has 0 spiro atoms. The van der Waals surface area contributed by atoms with Crippen molar-refractivity contribution in [1.29, 1.82) is 0 Å². The second kappa shape index (κ2) is 4.91. The topological polar surface area (TPSA) is 59.0 Å². The Morgan fingerprint density at radius 1 is 1.33 bits per heavy atom. The lowest BCUT2D eigenvalue weighted by Crippen LogP contribution is -2.06. The molecule has 94 valence electrons. The normalized spacial score (nSPS) is 10.2. The monoisotopic (exact) mass is 244 g/mol. The number of hydrogen-bond acceptors (Lipinski definition) is 3. The number of rotatable bonds is 3. The van der Waals surface area contributed by atoms with Gasteiger partial charge in [0.15, 0.2) is 0 Å². The number of imidazole rings is 1. The molecule has 0 aliphatic heterocycles. The van der Waals surface area contributed by atoms with Crippen molar-refractivity contribution < 1.29 is 4.79 Å². The lowest BCUT2D eigenvalue weighted by molar-refractivity contribution is -0.114. The zero-order valence-electron chi connectivity index (χ0n) is 10.7. The van der Waals surface area contributed by atoms with Gasteiger partial charge in [-0.1, -0.05) is 6.07 Å². The molecule has 1 amide bonds. The van der Waals surface area contributed by atoms with Gasteiger partial charge in [0, 0.05) is 31.5 Å². The first-order chi connectivity index (χ1) is 8.54. The summed E-state index contributed by atoms with van der Waals surface area (Å²) in [5.41, 5.74) is 2.60. The summed E-state index contributed by atoms with van der Waals surface area (Å²) >= 11 is 0. The van der Waals surface area contributed by atoms with Crippen LogP contribution in [0.25, 0.3) is 0 Å². The molecule has 0 aliphatic carbocycles. The number of carbonyl (C=O) groups excluding carboxylic acids is 1. The molecule has 0 unspecified atom stereocenters. The summed E-state index contributed by atoms with van der Waals surface area (Å²) in [6.45, 7) is 3.43. The van der Waals surface area contributed by atoms with Gasteiger partial charge in [-0.05, 0) is 25.1 Å². The third kappa shape index (κ3) is 2.88. The molecule has 2 N–H and O–H groups in total. The molecule has 0 radical (unpaired) electrons. The van der Waals surface area contributed by atoms with Crippen LogP contribution in [0.2, 0.25) is 0 Å². The third-order valence-electron chi connectivity index (χ3n) is 2.44. The molecule has 0 saturated carbocycles. The largest absolute Gasteiger partial charge is 0.326 e. The van der Waals surface area contributed by atoms with Crippen LogP contribution in [-0.4, -0.2) is 15.5 Å².